The SMILES string of the molecule is COc1ccc(-c2noc(COC(=O)c3ccccc3OC)n2)cc1. The number of rotatable bonds is 6. The van der Waals surface area contributed by atoms with Gasteiger partial charge in [-0.3, -0.25) is 0 Å². The molecule has 0 saturated heterocycles. The van der Waals surface area contributed by atoms with Crippen LogP contribution < -0.4 is 9.47 Å². The first-order chi connectivity index (χ1) is 12.2. The van der Waals surface area contributed by atoms with Gasteiger partial charge in [0.15, 0.2) is 6.61 Å². The van der Waals surface area contributed by atoms with Crippen LogP contribution in [0.25, 0.3) is 11.4 Å². The maximum atomic E-state index is 12.1. The maximum absolute atomic E-state index is 12.1. The molecule has 0 aliphatic heterocycles. The quantitative estimate of drug-likeness (QED) is 0.637. The lowest BCUT2D eigenvalue weighted by molar-refractivity contribution is 0.0426. The Kier molecular flexibility index (Phi) is 4.94. The normalized spacial score (nSPS) is 10.3. The van der Waals surface area contributed by atoms with Crippen LogP contribution in [0, 0.1) is 0 Å². The third-order valence-corrected chi connectivity index (χ3v) is 3.47. The van der Waals surface area contributed by atoms with Gasteiger partial charge in [-0.25, -0.2) is 4.79 Å². The Morgan fingerprint density at radius 3 is 2.52 bits per heavy atom. The fourth-order valence-electron chi connectivity index (χ4n) is 2.19. The molecule has 0 amide bonds. The lowest BCUT2D eigenvalue weighted by Gasteiger charge is -2.06. The number of ether oxygens (including phenoxy) is 3. The predicted octanol–water partition coefficient (Wildman–Crippen LogP) is 3.11. The first-order valence-electron chi connectivity index (χ1n) is 7.48. The van der Waals surface area contributed by atoms with Crippen molar-refractivity contribution in [2.45, 2.75) is 6.61 Å². The van der Waals surface area contributed by atoms with E-state index in [0.717, 1.165) is 11.3 Å². The van der Waals surface area contributed by atoms with Gasteiger partial charge in [0.05, 0.1) is 14.2 Å². The Morgan fingerprint density at radius 2 is 1.80 bits per heavy atom. The molecule has 0 fully saturated rings. The standard InChI is InChI=1S/C18H16N2O5/c1-22-13-9-7-12(8-10-13)17-19-16(25-20-17)11-24-18(21)14-5-3-4-6-15(14)23-2/h3-10H,11H2,1-2H3. The van der Waals surface area contributed by atoms with Crippen LogP contribution in [-0.4, -0.2) is 30.3 Å². The fraction of sp³-hybridized carbons (Fsp3) is 0.167. The number of para-hydroxylation sites is 1. The summed E-state index contributed by atoms with van der Waals surface area (Å²) >= 11 is 0. The molecule has 0 spiro atoms. The van der Waals surface area contributed by atoms with Gasteiger partial charge in [-0.05, 0) is 36.4 Å². The molecule has 1 heterocycles. The fourth-order valence-corrected chi connectivity index (χ4v) is 2.19. The Labute approximate surface area is 144 Å². The third-order valence-electron chi connectivity index (χ3n) is 3.47. The molecule has 0 aliphatic carbocycles. The van der Waals surface area contributed by atoms with E-state index in [9.17, 15) is 4.79 Å². The van der Waals surface area contributed by atoms with Crippen LogP contribution in [-0.2, 0) is 11.3 Å². The van der Waals surface area contributed by atoms with E-state index >= 15 is 0 Å². The zero-order valence-corrected chi connectivity index (χ0v) is 13.8. The summed E-state index contributed by atoms with van der Waals surface area (Å²) in [5.74, 6) is 1.26. The Morgan fingerprint density at radius 1 is 1.04 bits per heavy atom. The van der Waals surface area contributed by atoms with Gasteiger partial charge < -0.3 is 18.7 Å². The number of carbonyl (C=O) groups is 1. The van der Waals surface area contributed by atoms with Gasteiger partial charge in [-0.1, -0.05) is 17.3 Å². The maximum Gasteiger partial charge on any atom is 0.342 e. The van der Waals surface area contributed by atoms with E-state index in [-0.39, 0.29) is 12.5 Å². The van der Waals surface area contributed by atoms with Gasteiger partial charge in [-0.15, -0.1) is 0 Å². The van der Waals surface area contributed by atoms with E-state index in [2.05, 4.69) is 10.1 Å². The molecule has 3 rings (SSSR count). The van der Waals surface area contributed by atoms with Gasteiger partial charge in [0, 0.05) is 5.56 Å². The van der Waals surface area contributed by atoms with Crippen molar-refractivity contribution in [3.8, 4) is 22.9 Å². The summed E-state index contributed by atoms with van der Waals surface area (Å²) in [6.45, 7) is -0.125. The molecule has 7 nitrogen and oxygen atoms in total. The molecule has 2 aromatic carbocycles. The molecular weight excluding hydrogens is 324 g/mol. The molecule has 0 atom stereocenters. The van der Waals surface area contributed by atoms with E-state index in [1.165, 1.54) is 7.11 Å². The highest BCUT2D eigenvalue weighted by Gasteiger charge is 2.15. The Balaban J connectivity index is 1.66. The van der Waals surface area contributed by atoms with Crippen molar-refractivity contribution >= 4 is 5.97 Å². The molecule has 7 heteroatoms. The largest absolute Gasteiger partial charge is 0.497 e. The van der Waals surface area contributed by atoms with Crippen LogP contribution in [0.3, 0.4) is 0 Å². The van der Waals surface area contributed by atoms with Crippen LogP contribution in [0.4, 0.5) is 0 Å². The number of esters is 1. The Bertz CT molecular complexity index is 858. The van der Waals surface area contributed by atoms with Crippen molar-refractivity contribution in [2.75, 3.05) is 14.2 Å². The highest BCUT2D eigenvalue weighted by Crippen LogP contribution is 2.21. The average molecular weight is 340 g/mol. The predicted molar refractivity (Wildman–Crippen MR) is 88.4 cm³/mol. The molecule has 0 unspecified atom stereocenters. The van der Waals surface area contributed by atoms with Gasteiger partial charge in [-0.2, -0.15) is 4.98 Å². The molecule has 0 N–H and O–H groups in total. The zero-order chi connectivity index (χ0) is 17.6. The zero-order valence-electron chi connectivity index (χ0n) is 13.8. The minimum Gasteiger partial charge on any atom is -0.497 e. The van der Waals surface area contributed by atoms with E-state index in [4.69, 9.17) is 18.7 Å². The summed E-state index contributed by atoms with van der Waals surface area (Å²) in [6, 6.07) is 14.0. The molecule has 25 heavy (non-hydrogen) atoms. The van der Waals surface area contributed by atoms with Crippen molar-refractivity contribution < 1.29 is 23.5 Å². The lowest BCUT2D eigenvalue weighted by atomic mass is 10.2. The first-order valence-corrected chi connectivity index (χ1v) is 7.48. The van der Waals surface area contributed by atoms with E-state index in [0.29, 0.717) is 17.1 Å². The summed E-state index contributed by atoms with van der Waals surface area (Å²) in [4.78, 5) is 16.4. The molecular formula is C18H16N2O5. The molecule has 128 valence electrons. The summed E-state index contributed by atoms with van der Waals surface area (Å²) in [6.07, 6.45) is 0. The average Bonchev–Trinajstić information content (AvgIpc) is 3.15. The summed E-state index contributed by atoms with van der Waals surface area (Å²) < 4.78 is 20.6. The molecule has 3 aromatic rings. The smallest absolute Gasteiger partial charge is 0.342 e. The number of methoxy groups -OCH3 is 2. The van der Waals surface area contributed by atoms with Crippen LogP contribution in [0.15, 0.2) is 53.1 Å². The third kappa shape index (κ3) is 3.77. The Hall–Kier alpha value is -3.35. The van der Waals surface area contributed by atoms with Gasteiger partial charge in [0.25, 0.3) is 5.89 Å². The minimum absolute atomic E-state index is 0.125. The van der Waals surface area contributed by atoms with Crippen molar-refractivity contribution in [2.24, 2.45) is 0 Å². The van der Waals surface area contributed by atoms with E-state index in [1.54, 1.807) is 43.5 Å². The van der Waals surface area contributed by atoms with Gasteiger partial charge >= 0.3 is 5.97 Å². The molecule has 0 aliphatic rings. The second-order valence-corrected chi connectivity index (χ2v) is 5.02. The summed E-state index contributed by atoms with van der Waals surface area (Å²) in [7, 11) is 3.09. The second kappa shape index (κ2) is 7.48. The molecule has 0 radical (unpaired) electrons. The molecule has 0 saturated carbocycles. The first kappa shape index (κ1) is 16.5. The summed E-state index contributed by atoms with van der Waals surface area (Å²) in [5.41, 5.74) is 1.10. The van der Waals surface area contributed by atoms with Crippen LogP contribution in [0.2, 0.25) is 0 Å². The van der Waals surface area contributed by atoms with Crippen LogP contribution in [0.5, 0.6) is 11.5 Å². The number of hydrogen-bond donors (Lipinski definition) is 0. The van der Waals surface area contributed by atoms with Gasteiger partial charge in [0.1, 0.15) is 17.1 Å². The highest BCUT2D eigenvalue weighted by molar-refractivity contribution is 5.92. The second-order valence-electron chi connectivity index (χ2n) is 5.02. The highest BCUT2D eigenvalue weighted by atomic mass is 16.6. The number of carbonyl (C=O) groups excluding carboxylic acids is 1. The van der Waals surface area contributed by atoms with Gasteiger partial charge in [0.2, 0.25) is 5.82 Å². The molecule has 1 aromatic heterocycles. The van der Waals surface area contributed by atoms with E-state index < -0.39 is 5.97 Å². The number of nitrogens with zero attached hydrogens (tertiary/aromatic N) is 2. The lowest BCUT2D eigenvalue weighted by Crippen LogP contribution is -2.07. The topological polar surface area (TPSA) is 83.7 Å². The van der Waals surface area contributed by atoms with Crippen molar-refractivity contribution in [3.05, 3.63) is 60.0 Å². The number of hydrogen-bond acceptors (Lipinski definition) is 7. The monoisotopic (exact) mass is 340 g/mol. The summed E-state index contributed by atoms with van der Waals surface area (Å²) in [5, 5.41) is 3.88. The minimum atomic E-state index is -0.526. The van der Waals surface area contributed by atoms with E-state index in [1.807, 2.05) is 12.1 Å². The number of benzene rings is 2. The van der Waals surface area contributed by atoms with Crippen molar-refractivity contribution in [1.82, 2.24) is 10.1 Å². The number of aromatic nitrogens is 2. The van der Waals surface area contributed by atoms with Crippen molar-refractivity contribution in [1.29, 1.82) is 0 Å². The van der Waals surface area contributed by atoms with Crippen LogP contribution in [0.1, 0.15) is 16.2 Å². The van der Waals surface area contributed by atoms with Crippen molar-refractivity contribution in [3.63, 3.8) is 0 Å². The molecule has 0 bridgehead atoms. The van der Waals surface area contributed by atoms with Crippen LogP contribution >= 0.6 is 0 Å².